The minimum absolute atomic E-state index is 0.0262. The van der Waals surface area contributed by atoms with Crippen molar-refractivity contribution in [3.8, 4) is 0 Å². The summed E-state index contributed by atoms with van der Waals surface area (Å²) in [6, 6.07) is 15.1. The van der Waals surface area contributed by atoms with Crippen LogP contribution in [0, 0.1) is 11.8 Å². The topological polar surface area (TPSA) is 23.5 Å². The van der Waals surface area contributed by atoms with E-state index in [9.17, 15) is 18.3 Å². The number of rotatable bonds is 5. The zero-order valence-corrected chi connectivity index (χ0v) is 16.4. The van der Waals surface area contributed by atoms with Gasteiger partial charge in [0.05, 0.1) is 11.2 Å². The Morgan fingerprint density at radius 3 is 2.14 bits per heavy atom. The Morgan fingerprint density at radius 2 is 1.57 bits per heavy atom. The lowest BCUT2D eigenvalue weighted by atomic mass is 9.63. The first-order chi connectivity index (χ1) is 13.2. The highest BCUT2D eigenvalue weighted by molar-refractivity contribution is 5.31. The molecule has 3 rings (SSSR count). The molecule has 152 valence electrons. The van der Waals surface area contributed by atoms with E-state index in [2.05, 4.69) is 0 Å². The second-order valence-electron chi connectivity index (χ2n) is 8.18. The minimum atomic E-state index is -4.37. The van der Waals surface area contributed by atoms with Crippen LogP contribution in [0.15, 0.2) is 54.6 Å². The highest BCUT2D eigenvalue weighted by atomic mass is 19.4. The van der Waals surface area contributed by atoms with Crippen molar-refractivity contribution in [3.63, 3.8) is 0 Å². The maximum atomic E-state index is 13.0. The van der Waals surface area contributed by atoms with Crippen molar-refractivity contribution in [2.75, 3.05) is 20.6 Å². The van der Waals surface area contributed by atoms with Gasteiger partial charge in [0.25, 0.3) is 0 Å². The Hall–Kier alpha value is -1.85. The largest absolute Gasteiger partial charge is 0.416 e. The second kappa shape index (κ2) is 8.26. The average molecular weight is 391 g/mol. The smallest absolute Gasteiger partial charge is 0.385 e. The predicted molar refractivity (Wildman–Crippen MR) is 105 cm³/mol. The molecule has 1 aliphatic carbocycles. The third-order valence-corrected chi connectivity index (χ3v) is 5.94. The quantitative estimate of drug-likeness (QED) is 0.765. The summed E-state index contributed by atoms with van der Waals surface area (Å²) in [6.07, 6.45) is -0.932. The summed E-state index contributed by atoms with van der Waals surface area (Å²) in [5.74, 6) is -0.0629. The fourth-order valence-electron chi connectivity index (χ4n) is 4.61. The molecule has 5 heteroatoms. The van der Waals surface area contributed by atoms with Gasteiger partial charge in [-0.05, 0) is 62.5 Å². The maximum absolute atomic E-state index is 13.0. The third-order valence-electron chi connectivity index (χ3n) is 5.94. The van der Waals surface area contributed by atoms with Crippen LogP contribution in [-0.4, -0.2) is 30.6 Å². The van der Waals surface area contributed by atoms with Crippen LogP contribution in [0.5, 0.6) is 0 Å². The molecular weight excluding hydrogens is 363 g/mol. The molecule has 1 aliphatic rings. The van der Waals surface area contributed by atoms with Gasteiger partial charge in [-0.25, -0.2) is 0 Å². The van der Waals surface area contributed by atoms with E-state index in [1.807, 2.05) is 49.3 Å². The van der Waals surface area contributed by atoms with E-state index in [1.54, 1.807) is 0 Å². The maximum Gasteiger partial charge on any atom is 0.416 e. The number of hydrogen-bond acceptors (Lipinski definition) is 2. The fraction of sp³-hybridized carbons (Fsp3) is 0.478. The lowest BCUT2D eigenvalue weighted by Gasteiger charge is -2.47. The first kappa shape index (κ1) is 20.9. The monoisotopic (exact) mass is 391 g/mol. The minimum Gasteiger partial charge on any atom is -0.385 e. The first-order valence-corrected chi connectivity index (χ1v) is 9.80. The zero-order chi connectivity index (χ0) is 20.4. The average Bonchev–Trinajstić information content (AvgIpc) is 2.65. The molecule has 0 saturated heterocycles. The van der Waals surface area contributed by atoms with Gasteiger partial charge in [0.15, 0.2) is 0 Å². The molecule has 1 N–H and O–H groups in total. The molecule has 0 spiro atoms. The van der Waals surface area contributed by atoms with E-state index in [4.69, 9.17) is 0 Å². The van der Waals surface area contributed by atoms with Crippen LogP contribution >= 0.6 is 0 Å². The molecule has 0 heterocycles. The Morgan fingerprint density at radius 1 is 0.964 bits per heavy atom. The number of halogens is 3. The molecule has 0 amide bonds. The lowest BCUT2D eigenvalue weighted by molar-refractivity contribution is -0.137. The summed E-state index contributed by atoms with van der Waals surface area (Å²) in [4.78, 5) is 2.05. The van der Waals surface area contributed by atoms with Crippen LogP contribution < -0.4 is 0 Å². The Labute approximate surface area is 165 Å². The van der Waals surface area contributed by atoms with E-state index in [0.717, 1.165) is 37.0 Å². The fourth-order valence-corrected chi connectivity index (χ4v) is 4.61. The molecular formula is C23H28F3NO. The molecule has 0 radical (unpaired) electrons. The summed E-state index contributed by atoms with van der Waals surface area (Å²) in [7, 11) is 3.93. The van der Waals surface area contributed by atoms with Gasteiger partial charge in [-0.1, -0.05) is 48.9 Å². The van der Waals surface area contributed by atoms with Crippen molar-refractivity contribution in [1.29, 1.82) is 0 Å². The van der Waals surface area contributed by atoms with Gasteiger partial charge >= 0.3 is 6.18 Å². The molecule has 2 aromatic carbocycles. The van der Waals surface area contributed by atoms with Crippen LogP contribution in [0.2, 0.25) is 0 Å². The van der Waals surface area contributed by atoms with Crippen molar-refractivity contribution < 1.29 is 18.3 Å². The molecule has 0 aliphatic heterocycles. The van der Waals surface area contributed by atoms with Crippen LogP contribution in [-0.2, 0) is 18.2 Å². The molecule has 1 fully saturated rings. The lowest BCUT2D eigenvalue weighted by Crippen LogP contribution is -2.49. The third kappa shape index (κ3) is 4.41. The van der Waals surface area contributed by atoms with Gasteiger partial charge in [-0.15, -0.1) is 0 Å². The summed E-state index contributed by atoms with van der Waals surface area (Å²) < 4.78 is 39.0. The van der Waals surface area contributed by atoms with E-state index >= 15 is 0 Å². The first-order valence-electron chi connectivity index (χ1n) is 9.80. The van der Waals surface area contributed by atoms with Crippen molar-refractivity contribution in [2.24, 2.45) is 11.8 Å². The van der Waals surface area contributed by atoms with E-state index in [0.29, 0.717) is 18.5 Å². The normalized spacial score (nSPS) is 25.8. The number of aliphatic hydroxyl groups is 1. The van der Waals surface area contributed by atoms with Crippen LogP contribution in [0.3, 0.4) is 0 Å². The number of hydrogen-bond donors (Lipinski definition) is 1. The van der Waals surface area contributed by atoms with Crippen molar-refractivity contribution >= 4 is 0 Å². The SMILES string of the molecule is CN(C)CC1CCCC(Cc2ccccc2)C1(O)c1ccc(C(F)(F)F)cc1. The zero-order valence-electron chi connectivity index (χ0n) is 16.4. The molecule has 3 atom stereocenters. The Balaban J connectivity index is 1.98. The summed E-state index contributed by atoms with van der Waals surface area (Å²) >= 11 is 0. The standard InChI is InChI=1S/C23H28F3NO/c1-27(2)16-21-10-6-9-20(15-17-7-4-3-5-8-17)22(21,28)18-11-13-19(14-12-18)23(24,25)26/h3-5,7-8,11-14,20-21,28H,6,9-10,15-16H2,1-2H3. The van der Waals surface area contributed by atoms with E-state index in [-0.39, 0.29) is 11.8 Å². The summed E-state index contributed by atoms with van der Waals surface area (Å²) in [5, 5.41) is 12.0. The molecule has 0 bridgehead atoms. The molecule has 28 heavy (non-hydrogen) atoms. The highest BCUT2D eigenvalue weighted by Gasteiger charge is 2.47. The van der Waals surface area contributed by atoms with Gasteiger partial charge in [0.2, 0.25) is 0 Å². The number of nitrogens with zero attached hydrogens (tertiary/aromatic N) is 1. The molecule has 1 saturated carbocycles. The van der Waals surface area contributed by atoms with Gasteiger partial charge in [0, 0.05) is 12.5 Å². The van der Waals surface area contributed by atoms with Gasteiger partial charge in [0.1, 0.15) is 0 Å². The van der Waals surface area contributed by atoms with Gasteiger partial charge in [-0.3, -0.25) is 0 Å². The second-order valence-corrected chi connectivity index (χ2v) is 8.18. The predicted octanol–water partition coefficient (Wildman–Crippen LogP) is 5.11. The molecule has 2 aromatic rings. The van der Waals surface area contributed by atoms with Crippen molar-refractivity contribution in [3.05, 3.63) is 71.3 Å². The van der Waals surface area contributed by atoms with Crippen LogP contribution in [0.25, 0.3) is 0 Å². The Bertz CT molecular complexity index is 758. The van der Waals surface area contributed by atoms with Gasteiger partial charge < -0.3 is 10.0 Å². The summed E-state index contributed by atoms with van der Waals surface area (Å²) in [5.41, 5.74) is -0.0987. The number of alkyl halides is 3. The van der Waals surface area contributed by atoms with Crippen LogP contribution in [0.1, 0.15) is 36.0 Å². The molecule has 2 nitrogen and oxygen atoms in total. The number of benzene rings is 2. The van der Waals surface area contributed by atoms with Crippen molar-refractivity contribution in [1.82, 2.24) is 4.90 Å². The van der Waals surface area contributed by atoms with Crippen molar-refractivity contribution in [2.45, 2.75) is 37.5 Å². The summed E-state index contributed by atoms with van der Waals surface area (Å²) in [6.45, 7) is 0.697. The van der Waals surface area contributed by atoms with Crippen LogP contribution in [0.4, 0.5) is 13.2 Å². The van der Waals surface area contributed by atoms with Gasteiger partial charge in [-0.2, -0.15) is 13.2 Å². The molecule has 0 aromatic heterocycles. The van der Waals surface area contributed by atoms with E-state index in [1.165, 1.54) is 12.1 Å². The Kier molecular flexibility index (Phi) is 6.15. The van der Waals surface area contributed by atoms with E-state index < -0.39 is 17.3 Å². The molecule has 3 unspecified atom stereocenters. The highest BCUT2D eigenvalue weighted by Crippen LogP contribution is 2.47.